The van der Waals surface area contributed by atoms with E-state index < -0.39 is 0 Å². The van der Waals surface area contributed by atoms with E-state index >= 15 is 0 Å². The first kappa shape index (κ1) is 31.4. The molecule has 7 aromatic carbocycles. The van der Waals surface area contributed by atoms with Gasteiger partial charge < -0.3 is 4.90 Å². The highest BCUT2D eigenvalue weighted by atomic mass is 15.1. The van der Waals surface area contributed by atoms with Crippen LogP contribution in [0.1, 0.15) is 60.6 Å². The lowest BCUT2D eigenvalue weighted by atomic mass is 9.70. The van der Waals surface area contributed by atoms with Crippen LogP contribution in [0.4, 0.5) is 17.1 Å². The van der Waals surface area contributed by atoms with Gasteiger partial charge in [-0.2, -0.15) is 0 Å². The number of benzene rings is 7. The zero-order valence-corrected chi connectivity index (χ0v) is 31.0. The van der Waals surface area contributed by atoms with Crippen LogP contribution in [0.3, 0.4) is 0 Å². The van der Waals surface area contributed by atoms with Crippen LogP contribution >= 0.6 is 0 Å². The second-order valence-electron chi connectivity index (χ2n) is 16.1. The molecule has 1 heteroatoms. The summed E-state index contributed by atoms with van der Waals surface area (Å²) in [7, 11) is 0. The molecule has 0 amide bonds. The first-order chi connectivity index (χ1) is 26.4. The molecular weight excluding hydrogens is 651 g/mol. The van der Waals surface area contributed by atoms with E-state index in [0.717, 1.165) is 17.8 Å². The molecular formula is C53H41N. The molecule has 1 atom stereocenters. The van der Waals surface area contributed by atoms with Crippen LogP contribution in [-0.4, -0.2) is 0 Å². The van der Waals surface area contributed by atoms with E-state index in [1.54, 1.807) is 0 Å². The molecule has 54 heavy (non-hydrogen) atoms. The number of fused-ring (bicyclic) bond motifs is 13. The van der Waals surface area contributed by atoms with E-state index in [2.05, 4.69) is 202 Å². The lowest BCUT2D eigenvalue weighted by Crippen LogP contribution is -2.25. The maximum atomic E-state index is 2.52. The van der Waals surface area contributed by atoms with Gasteiger partial charge in [0.05, 0.1) is 5.41 Å². The fourth-order valence-corrected chi connectivity index (χ4v) is 10.3. The standard InChI is InChI=1S/C53H41N/c1-34-21-28-43-44-29-26-39(33-51(44)52(2,3)50(43)31-34)54(37-24-22-36(23-25-37)35-13-5-4-6-14-35)38-27-30-49-45(32-38)42-17-9-12-20-48(42)53(49)46-18-10-7-15-40(46)41-16-8-11-19-47(41)53/h4-20,22-34H,21H2,1-3H3. The normalized spacial score (nSPS) is 17.4. The summed E-state index contributed by atoms with van der Waals surface area (Å²) in [6.07, 6.45) is 6.09. The minimum Gasteiger partial charge on any atom is -0.310 e. The van der Waals surface area contributed by atoms with Crippen molar-refractivity contribution in [1.82, 2.24) is 0 Å². The summed E-state index contributed by atoms with van der Waals surface area (Å²) < 4.78 is 0. The number of anilines is 3. The largest absolute Gasteiger partial charge is 0.310 e. The van der Waals surface area contributed by atoms with Crippen LogP contribution in [0.25, 0.3) is 39.0 Å². The Kier molecular flexibility index (Phi) is 6.62. The second kappa shape index (κ2) is 11.4. The summed E-state index contributed by atoms with van der Waals surface area (Å²) in [6.45, 7) is 7.15. The van der Waals surface area contributed by atoms with Gasteiger partial charge in [-0.1, -0.05) is 160 Å². The van der Waals surface area contributed by atoms with Crippen molar-refractivity contribution in [3.63, 3.8) is 0 Å². The highest BCUT2D eigenvalue weighted by Crippen LogP contribution is 2.63. The molecule has 1 nitrogen and oxygen atoms in total. The van der Waals surface area contributed by atoms with Gasteiger partial charge >= 0.3 is 0 Å². The quantitative estimate of drug-likeness (QED) is 0.178. The van der Waals surface area contributed by atoms with Crippen molar-refractivity contribution in [1.29, 1.82) is 0 Å². The van der Waals surface area contributed by atoms with Gasteiger partial charge in [-0.25, -0.2) is 0 Å². The second-order valence-corrected chi connectivity index (χ2v) is 16.1. The molecule has 0 N–H and O–H groups in total. The molecule has 1 unspecified atom stereocenters. The minimum absolute atomic E-state index is 0.0682. The van der Waals surface area contributed by atoms with Crippen LogP contribution in [0, 0.1) is 5.92 Å². The molecule has 0 heterocycles. The number of nitrogens with zero attached hydrogens (tertiary/aromatic N) is 1. The highest BCUT2D eigenvalue weighted by molar-refractivity contribution is 5.97. The fourth-order valence-electron chi connectivity index (χ4n) is 10.3. The summed E-state index contributed by atoms with van der Waals surface area (Å²) in [5.41, 5.74) is 21.9. The van der Waals surface area contributed by atoms with Crippen molar-refractivity contribution >= 4 is 22.6 Å². The van der Waals surface area contributed by atoms with Crippen LogP contribution < -0.4 is 4.90 Å². The summed E-state index contributed by atoms with van der Waals surface area (Å²) >= 11 is 0. The fraction of sp³-hybridized carbons (Fsp3) is 0.132. The summed E-state index contributed by atoms with van der Waals surface area (Å²) in [4.78, 5) is 2.48. The Morgan fingerprint density at radius 1 is 0.463 bits per heavy atom. The monoisotopic (exact) mass is 691 g/mol. The molecule has 0 aromatic heterocycles. The van der Waals surface area contributed by atoms with Crippen LogP contribution in [0.5, 0.6) is 0 Å². The molecule has 0 saturated heterocycles. The van der Waals surface area contributed by atoms with Crippen molar-refractivity contribution in [3.8, 4) is 33.4 Å². The molecule has 1 spiro atoms. The Balaban J connectivity index is 1.12. The van der Waals surface area contributed by atoms with E-state index in [9.17, 15) is 0 Å². The zero-order chi connectivity index (χ0) is 36.2. The average molecular weight is 692 g/mol. The molecule has 4 aliphatic rings. The van der Waals surface area contributed by atoms with Gasteiger partial charge in [0.2, 0.25) is 0 Å². The minimum atomic E-state index is -0.355. The SMILES string of the molecule is CC1C=C2C(=CC1)c1ccc(N(c3ccc(-c4ccccc4)cc3)c3ccc4c(c3)-c3ccccc3C43c4ccccc4-c4ccccc43)cc1C2(C)C. The van der Waals surface area contributed by atoms with E-state index in [1.807, 2.05) is 0 Å². The van der Waals surface area contributed by atoms with Crippen molar-refractivity contribution in [2.75, 3.05) is 4.90 Å². The van der Waals surface area contributed by atoms with Crippen LogP contribution in [0.15, 0.2) is 182 Å². The average Bonchev–Trinajstić information content (AvgIpc) is 3.77. The topological polar surface area (TPSA) is 3.24 Å². The molecule has 0 fully saturated rings. The number of allylic oxidation sites excluding steroid dienone is 4. The number of hydrogen-bond donors (Lipinski definition) is 0. The van der Waals surface area contributed by atoms with Gasteiger partial charge in [-0.05, 0) is 127 Å². The lowest BCUT2D eigenvalue weighted by molar-refractivity contribution is 0.633. The smallest absolute Gasteiger partial charge is 0.0725 e. The van der Waals surface area contributed by atoms with Gasteiger partial charge in [0.25, 0.3) is 0 Å². The maximum absolute atomic E-state index is 2.52. The van der Waals surface area contributed by atoms with Gasteiger partial charge in [-0.3, -0.25) is 0 Å². The zero-order valence-electron chi connectivity index (χ0n) is 31.0. The van der Waals surface area contributed by atoms with Crippen LogP contribution in [-0.2, 0) is 10.8 Å². The summed E-state index contributed by atoms with van der Waals surface area (Å²) in [6, 6.07) is 61.4. The van der Waals surface area contributed by atoms with Crippen molar-refractivity contribution in [2.45, 2.75) is 38.0 Å². The number of hydrogen-bond acceptors (Lipinski definition) is 1. The molecule has 7 aromatic rings. The Morgan fingerprint density at radius 3 is 1.65 bits per heavy atom. The van der Waals surface area contributed by atoms with Gasteiger partial charge in [-0.15, -0.1) is 0 Å². The van der Waals surface area contributed by atoms with E-state index in [0.29, 0.717) is 5.92 Å². The van der Waals surface area contributed by atoms with Gasteiger partial charge in [0, 0.05) is 22.5 Å². The van der Waals surface area contributed by atoms with E-state index in [-0.39, 0.29) is 10.8 Å². The number of rotatable bonds is 4. The molecule has 258 valence electrons. The van der Waals surface area contributed by atoms with Crippen LogP contribution in [0.2, 0.25) is 0 Å². The molecule has 0 bridgehead atoms. The third kappa shape index (κ3) is 4.21. The molecule has 0 aliphatic heterocycles. The first-order valence-corrected chi connectivity index (χ1v) is 19.4. The molecule has 0 saturated carbocycles. The predicted molar refractivity (Wildman–Crippen MR) is 226 cm³/mol. The van der Waals surface area contributed by atoms with E-state index in [1.165, 1.54) is 83.6 Å². The molecule has 11 rings (SSSR count). The molecule has 0 radical (unpaired) electrons. The highest BCUT2D eigenvalue weighted by Gasteiger charge is 2.51. The van der Waals surface area contributed by atoms with Crippen molar-refractivity contribution < 1.29 is 0 Å². The van der Waals surface area contributed by atoms with E-state index in [4.69, 9.17) is 0 Å². The molecule has 4 aliphatic carbocycles. The van der Waals surface area contributed by atoms with Crippen molar-refractivity contribution in [2.24, 2.45) is 5.92 Å². The maximum Gasteiger partial charge on any atom is 0.0725 e. The Morgan fingerprint density at radius 2 is 0.981 bits per heavy atom. The first-order valence-electron chi connectivity index (χ1n) is 19.4. The lowest BCUT2D eigenvalue weighted by Gasteiger charge is -2.31. The third-order valence-corrected chi connectivity index (χ3v) is 12.8. The Labute approximate surface area is 318 Å². The summed E-state index contributed by atoms with van der Waals surface area (Å²) in [5, 5.41) is 0. The van der Waals surface area contributed by atoms with Gasteiger partial charge in [0.15, 0.2) is 0 Å². The van der Waals surface area contributed by atoms with Gasteiger partial charge in [0.1, 0.15) is 0 Å². The summed E-state index contributed by atoms with van der Waals surface area (Å²) in [5.74, 6) is 0.563. The Hall–Kier alpha value is -6.18. The predicted octanol–water partition coefficient (Wildman–Crippen LogP) is 13.8. The van der Waals surface area contributed by atoms with Crippen molar-refractivity contribution in [3.05, 3.63) is 215 Å². The Bertz CT molecular complexity index is 2680. The third-order valence-electron chi connectivity index (χ3n) is 12.8.